The van der Waals surface area contributed by atoms with Gasteiger partial charge in [0.05, 0.1) is 22.1 Å². The zero-order valence-corrected chi connectivity index (χ0v) is 27.1. The molecular formula is C46H30N4. The Balaban J connectivity index is 1.21. The standard InChI is InChI=1S/C46H30N4/c1-3-15-31(16-4-1)47-39-23-11-7-19-35(39)43-37-21-9-13-25-41(37)49(45(43)47)33-27-29-34(30-28-33)50-42-26-14-10-22-38(42)44-36-20-8-12-24-40(36)48(46(44)50)32-17-5-2-6-18-32/h1-30H. The van der Waals surface area contributed by atoms with Crippen LogP contribution in [0.15, 0.2) is 182 Å². The fourth-order valence-electron chi connectivity index (χ4n) is 8.35. The van der Waals surface area contributed by atoms with Gasteiger partial charge in [-0.1, -0.05) is 109 Å². The smallest absolute Gasteiger partial charge is 0.131 e. The summed E-state index contributed by atoms with van der Waals surface area (Å²) in [6.07, 6.45) is 0. The van der Waals surface area contributed by atoms with Crippen molar-refractivity contribution in [3.63, 3.8) is 0 Å². The van der Waals surface area contributed by atoms with E-state index < -0.39 is 0 Å². The molecule has 0 N–H and O–H groups in total. The molecule has 0 spiro atoms. The van der Waals surface area contributed by atoms with Crippen LogP contribution in [0.1, 0.15) is 0 Å². The zero-order chi connectivity index (χ0) is 32.8. The average molecular weight is 639 g/mol. The van der Waals surface area contributed by atoms with Crippen LogP contribution in [-0.4, -0.2) is 18.3 Å². The first-order valence-electron chi connectivity index (χ1n) is 17.1. The number of fused-ring (bicyclic) bond motifs is 10. The minimum atomic E-state index is 1.12. The molecule has 4 aromatic heterocycles. The summed E-state index contributed by atoms with van der Waals surface area (Å²) in [5, 5.41) is 7.57. The van der Waals surface area contributed by atoms with Crippen LogP contribution >= 0.6 is 0 Å². The molecule has 11 aromatic rings. The van der Waals surface area contributed by atoms with Gasteiger partial charge in [0.1, 0.15) is 11.3 Å². The summed E-state index contributed by atoms with van der Waals surface area (Å²) in [7, 11) is 0. The Morgan fingerprint density at radius 3 is 0.760 bits per heavy atom. The predicted octanol–water partition coefficient (Wildman–Crippen LogP) is 11.8. The zero-order valence-electron chi connectivity index (χ0n) is 27.1. The van der Waals surface area contributed by atoms with Gasteiger partial charge in [-0.25, -0.2) is 0 Å². The van der Waals surface area contributed by atoms with Crippen LogP contribution in [0.25, 0.3) is 88.4 Å². The molecule has 0 saturated carbocycles. The molecule has 0 saturated heterocycles. The minimum absolute atomic E-state index is 1.12. The Kier molecular flexibility index (Phi) is 5.63. The van der Waals surface area contributed by atoms with Gasteiger partial charge in [0.25, 0.3) is 0 Å². The Hall–Kier alpha value is -6.78. The highest BCUT2D eigenvalue weighted by atomic mass is 15.2. The fraction of sp³-hybridized carbons (Fsp3) is 0. The maximum atomic E-state index is 2.44. The lowest BCUT2D eigenvalue weighted by Gasteiger charge is -2.15. The van der Waals surface area contributed by atoms with Crippen molar-refractivity contribution in [2.45, 2.75) is 0 Å². The van der Waals surface area contributed by atoms with Gasteiger partial charge < -0.3 is 0 Å². The third-order valence-corrected chi connectivity index (χ3v) is 10.3. The van der Waals surface area contributed by atoms with Crippen LogP contribution in [0.3, 0.4) is 0 Å². The molecule has 50 heavy (non-hydrogen) atoms. The predicted molar refractivity (Wildman–Crippen MR) is 209 cm³/mol. The summed E-state index contributed by atoms with van der Waals surface area (Å²) in [5.41, 5.74) is 11.7. The highest BCUT2D eigenvalue weighted by molar-refractivity contribution is 6.23. The lowest BCUT2D eigenvalue weighted by molar-refractivity contribution is 1.05. The van der Waals surface area contributed by atoms with E-state index in [2.05, 4.69) is 200 Å². The number of benzene rings is 7. The SMILES string of the molecule is c1ccc(-n2c3ccccc3c3c4ccccc4n(-c4ccc(-n5c6ccccc6c6c7ccccc7n(-c7ccccc7)c65)cc4)c32)cc1. The molecule has 11 rings (SSSR count). The maximum absolute atomic E-state index is 2.44. The second-order valence-corrected chi connectivity index (χ2v) is 13.0. The van der Waals surface area contributed by atoms with Gasteiger partial charge in [0, 0.05) is 55.1 Å². The van der Waals surface area contributed by atoms with Crippen molar-refractivity contribution in [2.24, 2.45) is 0 Å². The molecule has 0 aliphatic carbocycles. The fourth-order valence-corrected chi connectivity index (χ4v) is 8.35. The molecule has 4 heterocycles. The number of nitrogens with zero attached hydrogens (tertiary/aromatic N) is 4. The van der Waals surface area contributed by atoms with Crippen molar-refractivity contribution < 1.29 is 0 Å². The second-order valence-electron chi connectivity index (χ2n) is 13.0. The molecule has 0 unspecified atom stereocenters. The van der Waals surface area contributed by atoms with Crippen LogP contribution in [0.5, 0.6) is 0 Å². The molecule has 0 amide bonds. The van der Waals surface area contributed by atoms with Crippen molar-refractivity contribution in [1.29, 1.82) is 0 Å². The molecule has 234 valence electrons. The Morgan fingerprint density at radius 1 is 0.220 bits per heavy atom. The van der Waals surface area contributed by atoms with E-state index >= 15 is 0 Å². The van der Waals surface area contributed by atoms with Crippen molar-refractivity contribution in [3.05, 3.63) is 182 Å². The van der Waals surface area contributed by atoms with E-state index in [1.54, 1.807) is 0 Å². The van der Waals surface area contributed by atoms with E-state index in [0.717, 1.165) is 22.7 Å². The molecule has 0 aliphatic heterocycles. The van der Waals surface area contributed by atoms with E-state index in [9.17, 15) is 0 Å². The largest absolute Gasteiger partial charge is 0.295 e. The molecule has 0 bridgehead atoms. The van der Waals surface area contributed by atoms with Crippen LogP contribution < -0.4 is 0 Å². The van der Waals surface area contributed by atoms with Gasteiger partial charge in [-0.2, -0.15) is 0 Å². The monoisotopic (exact) mass is 638 g/mol. The maximum Gasteiger partial charge on any atom is 0.131 e. The number of rotatable bonds is 4. The number of hydrogen-bond acceptors (Lipinski definition) is 0. The van der Waals surface area contributed by atoms with E-state index in [-0.39, 0.29) is 0 Å². The highest BCUT2D eigenvalue weighted by Crippen LogP contribution is 2.43. The summed E-state index contributed by atoms with van der Waals surface area (Å²) in [6, 6.07) is 65.7. The lowest BCUT2D eigenvalue weighted by atomic mass is 10.1. The van der Waals surface area contributed by atoms with Gasteiger partial charge in [0.2, 0.25) is 0 Å². The molecule has 0 atom stereocenters. The summed E-state index contributed by atoms with van der Waals surface area (Å²) >= 11 is 0. The van der Waals surface area contributed by atoms with Gasteiger partial charge in [0.15, 0.2) is 0 Å². The quantitative estimate of drug-likeness (QED) is 0.183. The third kappa shape index (κ3) is 3.65. The van der Waals surface area contributed by atoms with Gasteiger partial charge in [-0.15, -0.1) is 0 Å². The van der Waals surface area contributed by atoms with Crippen LogP contribution in [0.4, 0.5) is 0 Å². The number of hydrogen-bond donors (Lipinski definition) is 0. The molecule has 0 aliphatic rings. The first-order valence-corrected chi connectivity index (χ1v) is 17.1. The summed E-state index contributed by atoms with van der Waals surface area (Å²) in [4.78, 5) is 0. The van der Waals surface area contributed by atoms with E-state index in [1.807, 2.05) is 0 Å². The van der Waals surface area contributed by atoms with Crippen molar-refractivity contribution in [2.75, 3.05) is 0 Å². The molecule has 0 radical (unpaired) electrons. The van der Waals surface area contributed by atoms with Gasteiger partial charge >= 0.3 is 0 Å². The molecule has 0 fully saturated rings. The first kappa shape index (κ1) is 27.2. The Bertz CT molecular complexity index is 2850. The van der Waals surface area contributed by atoms with Crippen LogP contribution in [0.2, 0.25) is 0 Å². The summed E-state index contributed by atoms with van der Waals surface area (Å²) < 4.78 is 9.71. The van der Waals surface area contributed by atoms with Crippen molar-refractivity contribution in [1.82, 2.24) is 18.3 Å². The van der Waals surface area contributed by atoms with Crippen molar-refractivity contribution in [3.8, 4) is 22.7 Å². The number of para-hydroxylation sites is 6. The van der Waals surface area contributed by atoms with Crippen LogP contribution in [-0.2, 0) is 0 Å². The molecule has 4 heteroatoms. The van der Waals surface area contributed by atoms with Gasteiger partial charge in [-0.3, -0.25) is 18.3 Å². The topological polar surface area (TPSA) is 19.7 Å². The minimum Gasteiger partial charge on any atom is -0.295 e. The normalized spacial score (nSPS) is 12.0. The Morgan fingerprint density at radius 2 is 0.460 bits per heavy atom. The van der Waals surface area contributed by atoms with Crippen molar-refractivity contribution >= 4 is 65.7 Å². The van der Waals surface area contributed by atoms with Gasteiger partial charge in [-0.05, 0) is 72.8 Å². The van der Waals surface area contributed by atoms with E-state index in [0.29, 0.717) is 0 Å². The first-order chi connectivity index (χ1) is 24.9. The average Bonchev–Trinajstić information content (AvgIpc) is 3.90. The highest BCUT2D eigenvalue weighted by Gasteiger charge is 2.24. The molecule has 4 nitrogen and oxygen atoms in total. The summed E-state index contributed by atoms with van der Waals surface area (Å²) in [5.74, 6) is 0. The van der Waals surface area contributed by atoms with Crippen LogP contribution in [0, 0.1) is 0 Å². The number of aromatic nitrogens is 4. The third-order valence-electron chi connectivity index (χ3n) is 10.3. The van der Waals surface area contributed by atoms with E-state index in [1.165, 1.54) is 65.7 Å². The summed E-state index contributed by atoms with van der Waals surface area (Å²) in [6.45, 7) is 0. The Labute approximate surface area is 287 Å². The second kappa shape index (κ2) is 10.4. The lowest BCUT2D eigenvalue weighted by Crippen LogP contribution is -2.03. The van der Waals surface area contributed by atoms with E-state index in [4.69, 9.17) is 0 Å². The molecule has 7 aromatic carbocycles. The molecular weight excluding hydrogens is 609 g/mol.